The topological polar surface area (TPSA) is 61.4 Å². The molecule has 0 heterocycles. The number of nitrogens with one attached hydrogen (secondary N) is 2. The SMILES string of the molecule is CCc1cccc(C(=O)O)c1NNC. The van der Waals surface area contributed by atoms with Gasteiger partial charge in [0.15, 0.2) is 0 Å². The maximum absolute atomic E-state index is 10.9. The molecule has 0 saturated carbocycles. The highest BCUT2D eigenvalue weighted by atomic mass is 16.4. The van der Waals surface area contributed by atoms with Gasteiger partial charge in [0.25, 0.3) is 0 Å². The van der Waals surface area contributed by atoms with Gasteiger partial charge in [-0.25, -0.2) is 10.2 Å². The van der Waals surface area contributed by atoms with Crippen LogP contribution in [0.2, 0.25) is 0 Å². The minimum atomic E-state index is -0.918. The van der Waals surface area contributed by atoms with Gasteiger partial charge in [0.2, 0.25) is 0 Å². The molecular formula is C10H14N2O2. The molecule has 0 aliphatic heterocycles. The van der Waals surface area contributed by atoms with Crippen LogP contribution >= 0.6 is 0 Å². The lowest BCUT2D eigenvalue weighted by atomic mass is 10.1. The number of aromatic carboxylic acids is 1. The summed E-state index contributed by atoms with van der Waals surface area (Å²) in [5.41, 5.74) is 7.51. The van der Waals surface area contributed by atoms with Gasteiger partial charge in [0.05, 0.1) is 11.3 Å². The Labute approximate surface area is 82.9 Å². The number of carbonyl (C=O) groups is 1. The van der Waals surface area contributed by atoms with Crippen LogP contribution in [0.25, 0.3) is 0 Å². The van der Waals surface area contributed by atoms with Crippen LogP contribution in [-0.4, -0.2) is 18.1 Å². The molecule has 0 atom stereocenters. The summed E-state index contributed by atoms with van der Waals surface area (Å²) in [5, 5.41) is 8.94. The van der Waals surface area contributed by atoms with Crippen LogP contribution in [-0.2, 0) is 6.42 Å². The van der Waals surface area contributed by atoms with Gasteiger partial charge in [-0.3, -0.25) is 0 Å². The highest BCUT2D eigenvalue weighted by molar-refractivity contribution is 5.95. The number of hydrogen-bond donors (Lipinski definition) is 3. The molecule has 0 amide bonds. The van der Waals surface area contributed by atoms with Gasteiger partial charge in [-0.15, -0.1) is 0 Å². The second kappa shape index (κ2) is 4.62. The van der Waals surface area contributed by atoms with Gasteiger partial charge < -0.3 is 10.5 Å². The van der Waals surface area contributed by atoms with E-state index in [-0.39, 0.29) is 0 Å². The molecule has 76 valence electrons. The van der Waals surface area contributed by atoms with Crippen molar-refractivity contribution in [3.05, 3.63) is 29.3 Å². The first-order valence-corrected chi connectivity index (χ1v) is 4.48. The molecule has 0 spiro atoms. The molecular weight excluding hydrogens is 180 g/mol. The van der Waals surface area contributed by atoms with Crippen molar-refractivity contribution in [3.8, 4) is 0 Å². The molecule has 1 rings (SSSR count). The van der Waals surface area contributed by atoms with E-state index < -0.39 is 5.97 Å². The normalized spacial score (nSPS) is 9.86. The van der Waals surface area contributed by atoms with E-state index in [1.807, 2.05) is 13.0 Å². The lowest BCUT2D eigenvalue weighted by Gasteiger charge is -2.12. The van der Waals surface area contributed by atoms with Crippen molar-refractivity contribution in [1.82, 2.24) is 5.43 Å². The highest BCUT2D eigenvalue weighted by Gasteiger charge is 2.11. The molecule has 0 unspecified atom stereocenters. The van der Waals surface area contributed by atoms with E-state index >= 15 is 0 Å². The van der Waals surface area contributed by atoms with E-state index in [0.29, 0.717) is 11.3 Å². The smallest absolute Gasteiger partial charge is 0.337 e. The fourth-order valence-corrected chi connectivity index (χ4v) is 1.35. The molecule has 0 radical (unpaired) electrons. The lowest BCUT2D eigenvalue weighted by molar-refractivity contribution is 0.0698. The third-order valence-electron chi connectivity index (χ3n) is 2.01. The van der Waals surface area contributed by atoms with Crippen molar-refractivity contribution < 1.29 is 9.90 Å². The zero-order chi connectivity index (χ0) is 10.6. The minimum Gasteiger partial charge on any atom is -0.478 e. The Balaban J connectivity index is 3.20. The number of carboxylic acid groups (broad SMARTS) is 1. The summed E-state index contributed by atoms with van der Waals surface area (Å²) in [6.45, 7) is 1.99. The number of anilines is 1. The molecule has 1 aromatic rings. The Hall–Kier alpha value is -1.55. The van der Waals surface area contributed by atoms with Crippen molar-refractivity contribution in [2.75, 3.05) is 12.5 Å². The quantitative estimate of drug-likeness (QED) is 0.635. The van der Waals surface area contributed by atoms with Crippen molar-refractivity contribution in [2.45, 2.75) is 13.3 Å². The summed E-state index contributed by atoms with van der Waals surface area (Å²) < 4.78 is 0. The average Bonchev–Trinajstić information content (AvgIpc) is 2.18. The van der Waals surface area contributed by atoms with Crippen LogP contribution < -0.4 is 10.9 Å². The average molecular weight is 194 g/mol. The number of carboxylic acids is 1. The Bertz CT molecular complexity index is 337. The summed E-state index contributed by atoms with van der Waals surface area (Å²) in [6, 6.07) is 5.25. The molecule has 0 aliphatic rings. The number of benzene rings is 1. The third-order valence-corrected chi connectivity index (χ3v) is 2.01. The second-order valence-electron chi connectivity index (χ2n) is 2.87. The van der Waals surface area contributed by atoms with E-state index in [1.165, 1.54) is 0 Å². The first-order valence-electron chi connectivity index (χ1n) is 4.48. The summed E-state index contributed by atoms with van der Waals surface area (Å²) in [7, 11) is 1.71. The zero-order valence-corrected chi connectivity index (χ0v) is 8.29. The number of hydrazine groups is 1. The van der Waals surface area contributed by atoms with E-state index in [4.69, 9.17) is 5.11 Å². The Kier molecular flexibility index (Phi) is 3.48. The van der Waals surface area contributed by atoms with E-state index in [9.17, 15) is 4.79 Å². The number of aryl methyl sites for hydroxylation is 1. The third kappa shape index (κ3) is 2.03. The fraction of sp³-hybridized carbons (Fsp3) is 0.300. The van der Waals surface area contributed by atoms with Crippen molar-refractivity contribution in [3.63, 3.8) is 0 Å². The molecule has 0 saturated heterocycles. The largest absolute Gasteiger partial charge is 0.478 e. The molecule has 3 N–H and O–H groups in total. The van der Waals surface area contributed by atoms with Gasteiger partial charge in [-0.2, -0.15) is 0 Å². The standard InChI is InChI=1S/C10H14N2O2/c1-3-7-5-4-6-8(10(13)14)9(7)12-11-2/h4-6,11-12H,3H2,1-2H3,(H,13,14). The maximum atomic E-state index is 10.9. The van der Waals surface area contributed by atoms with Crippen LogP contribution in [0.5, 0.6) is 0 Å². The molecule has 0 fully saturated rings. The molecule has 4 heteroatoms. The van der Waals surface area contributed by atoms with Gasteiger partial charge in [-0.05, 0) is 18.1 Å². The van der Waals surface area contributed by atoms with Gasteiger partial charge in [-0.1, -0.05) is 19.1 Å². The lowest BCUT2D eigenvalue weighted by Crippen LogP contribution is -2.19. The first kappa shape index (κ1) is 10.5. The molecule has 0 aromatic heterocycles. The molecule has 1 aromatic carbocycles. The zero-order valence-electron chi connectivity index (χ0n) is 8.29. The summed E-state index contributed by atoms with van der Waals surface area (Å²) in [5.74, 6) is -0.918. The van der Waals surface area contributed by atoms with Gasteiger partial charge >= 0.3 is 5.97 Å². The first-order chi connectivity index (χ1) is 6.70. The van der Waals surface area contributed by atoms with Crippen LogP contribution in [0.1, 0.15) is 22.8 Å². The second-order valence-corrected chi connectivity index (χ2v) is 2.87. The predicted molar refractivity (Wildman–Crippen MR) is 55.5 cm³/mol. The number of para-hydroxylation sites is 1. The number of rotatable bonds is 4. The highest BCUT2D eigenvalue weighted by Crippen LogP contribution is 2.20. The van der Waals surface area contributed by atoms with Gasteiger partial charge in [0.1, 0.15) is 0 Å². The molecule has 14 heavy (non-hydrogen) atoms. The summed E-state index contributed by atoms with van der Waals surface area (Å²) >= 11 is 0. The Morgan fingerprint density at radius 3 is 2.71 bits per heavy atom. The Morgan fingerprint density at radius 1 is 1.50 bits per heavy atom. The van der Waals surface area contributed by atoms with E-state index in [2.05, 4.69) is 10.9 Å². The molecule has 0 aliphatic carbocycles. The van der Waals surface area contributed by atoms with E-state index in [0.717, 1.165) is 12.0 Å². The van der Waals surface area contributed by atoms with Gasteiger partial charge in [0, 0.05) is 7.05 Å². The van der Waals surface area contributed by atoms with Crippen molar-refractivity contribution in [2.24, 2.45) is 0 Å². The number of hydrogen-bond acceptors (Lipinski definition) is 3. The summed E-state index contributed by atoms with van der Waals surface area (Å²) in [6.07, 6.45) is 0.797. The summed E-state index contributed by atoms with van der Waals surface area (Å²) in [4.78, 5) is 10.9. The fourth-order valence-electron chi connectivity index (χ4n) is 1.35. The minimum absolute atomic E-state index is 0.290. The van der Waals surface area contributed by atoms with Crippen LogP contribution in [0.3, 0.4) is 0 Å². The van der Waals surface area contributed by atoms with Crippen LogP contribution in [0.15, 0.2) is 18.2 Å². The maximum Gasteiger partial charge on any atom is 0.337 e. The molecule has 4 nitrogen and oxygen atoms in total. The predicted octanol–water partition coefficient (Wildman–Crippen LogP) is 1.49. The Morgan fingerprint density at radius 2 is 2.21 bits per heavy atom. The van der Waals surface area contributed by atoms with E-state index in [1.54, 1.807) is 19.2 Å². The monoisotopic (exact) mass is 194 g/mol. The van der Waals surface area contributed by atoms with Crippen molar-refractivity contribution in [1.29, 1.82) is 0 Å². The van der Waals surface area contributed by atoms with Crippen LogP contribution in [0.4, 0.5) is 5.69 Å². The van der Waals surface area contributed by atoms with Crippen molar-refractivity contribution >= 4 is 11.7 Å². The molecule has 0 bridgehead atoms. The van der Waals surface area contributed by atoms with Crippen LogP contribution in [0, 0.1) is 0 Å².